The van der Waals surface area contributed by atoms with Crippen LogP contribution < -0.4 is 10.2 Å². The molecule has 0 aromatic heterocycles. The predicted molar refractivity (Wildman–Crippen MR) is 71.2 cm³/mol. The average molecular weight is 252 g/mol. The fraction of sp³-hybridized carbons (Fsp3) is 0.571. The van der Waals surface area contributed by atoms with Crippen molar-refractivity contribution in [2.24, 2.45) is 5.92 Å². The molecule has 2 rings (SSSR count). The molecule has 0 saturated carbocycles. The number of hydrogen-bond donors (Lipinski definition) is 2. The normalized spacial score (nSPS) is 21.3. The van der Waals surface area contributed by atoms with Gasteiger partial charge >= 0.3 is 0 Å². The Hall–Kier alpha value is -1.13. The van der Waals surface area contributed by atoms with Crippen LogP contribution in [0.1, 0.15) is 18.9 Å². The summed E-state index contributed by atoms with van der Waals surface area (Å²) >= 11 is 0. The first kappa shape index (κ1) is 13.3. The highest BCUT2D eigenvalue weighted by Gasteiger charge is 2.26. The van der Waals surface area contributed by atoms with E-state index in [0.717, 1.165) is 30.8 Å². The lowest BCUT2D eigenvalue weighted by atomic mass is 10.0. The highest BCUT2D eigenvalue weighted by molar-refractivity contribution is 5.50. The summed E-state index contributed by atoms with van der Waals surface area (Å²) in [4.78, 5) is 2.15. The molecule has 0 bridgehead atoms. The molecular weight excluding hydrogens is 231 g/mol. The first-order chi connectivity index (χ1) is 8.60. The van der Waals surface area contributed by atoms with Gasteiger partial charge in [-0.3, -0.25) is 0 Å². The van der Waals surface area contributed by atoms with Gasteiger partial charge in [-0.1, -0.05) is 0 Å². The van der Waals surface area contributed by atoms with E-state index >= 15 is 0 Å². The molecule has 0 radical (unpaired) electrons. The van der Waals surface area contributed by atoms with Crippen LogP contribution in [0.5, 0.6) is 0 Å². The van der Waals surface area contributed by atoms with Crippen molar-refractivity contribution in [2.75, 3.05) is 25.0 Å². The van der Waals surface area contributed by atoms with E-state index in [4.69, 9.17) is 0 Å². The van der Waals surface area contributed by atoms with E-state index in [1.54, 1.807) is 12.1 Å². The summed E-state index contributed by atoms with van der Waals surface area (Å²) in [7, 11) is 1.85. The third kappa shape index (κ3) is 3.00. The van der Waals surface area contributed by atoms with Gasteiger partial charge in [0.25, 0.3) is 0 Å². The van der Waals surface area contributed by atoms with E-state index in [9.17, 15) is 9.50 Å². The zero-order chi connectivity index (χ0) is 13.1. The predicted octanol–water partition coefficient (Wildman–Crippen LogP) is 1.75. The Labute approximate surface area is 108 Å². The minimum atomic E-state index is -0.291. The largest absolute Gasteiger partial charge is 0.393 e. The molecule has 1 fully saturated rings. The lowest BCUT2D eigenvalue weighted by molar-refractivity contribution is 0.136. The van der Waals surface area contributed by atoms with Gasteiger partial charge in [-0.15, -0.1) is 0 Å². The van der Waals surface area contributed by atoms with Crippen LogP contribution in [-0.2, 0) is 6.54 Å². The van der Waals surface area contributed by atoms with Crippen LogP contribution in [0.2, 0.25) is 0 Å². The number of hydrogen-bond acceptors (Lipinski definition) is 3. The Kier molecular flexibility index (Phi) is 4.19. The second-order valence-corrected chi connectivity index (χ2v) is 5.08. The Bertz CT molecular complexity index is 409. The van der Waals surface area contributed by atoms with E-state index in [0.29, 0.717) is 12.5 Å². The molecule has 2 N–H and O–H groups in total. The van der Waals surface area contributed by atoms with Gasteiger partial charge in [0.2, 0.25) is 0 Å². The molecule has 1 aromatic rings. The SMILES string of the molecule is CNCc1cc(F)cc(N2CCC(C(C)O)C2)c1. The molecule has 0 amide bonds. The van der Waals surface area contributed by atoms with Crippen LogP contribution in [0.4, 0.5) is 10.1 Å². The number of benzene rings is 1. The summed E-state index contributed by atoms with van der Waals surface area (Å²) in [6.07, 6.45) is 0.676. The monoisotopic (exact) mass is 252 g/mol. The molecule has 1 aliphatic heterocycles. The minimum absolute atomic E-state index is 0.196. The highest BCUT2D eigenvalue weighted by atomic mass is 19.1. The third-order valence-corrected chi connectivity index (χ3v) is 3.60. The lowest BCUT2D eigenvalue weighted by Gasteiger charge is -2.20. The van der Waals surface area contributed by atoms with E-state index in [1.807, 2.05) is 20.0 Å². The molecule has 1 aromatic carbocycles. The molecule has 2 unspecified atom stereocenters. The number of nitrogens with one attached hydrogen (secondary N) is 1. The summed E-state index contributed by atoms with van der Waals surface area (Å²) in [6.45, 7) is 4.18. The first-order valence-electron chi connectivity index (χ1n) is 6.47. The zero-order valence-electron chi connectivity index (χ0n) is 11.0. The van der Waals surface area contributed by atoms with Gasteiger partial charge in [-0.2, -0.15) is 0 Å². The highest BCUT2D eigenvalue weighted by Crippen LogP contribution is 2.27. The van der Waals surface area contributed by atoms with Gasteiger partial charge in [0, 0.05) is 31.2 Å². The molecule has 2 atom stereocenters. The van der Waals surface area contributed by atoms with Crippen molar-refractivity contribution in [1.82, 2.24) is 5.32 Å². The van der Waals surface area contributed by atoms with Gasteiger partial charge in [0.05, 0.1) is 6.10 Å². The van der Waals surface area contributed by atoms with Gasteiger partial charge in [0.1, 0.15) is 5.82 Å². The standard InChI is InChI=1S/C14H21FN2O/c1-10(18)12-3-4-17(9-12)14-6-11(8-16-2)5-13(15)7-14/h5-7,10,12,16,18H,3-4,8-9H2,1-2H3. The van der Waals surface area contributed by atoms with Gasteiger partial charge < -0.3 is 15.3 Å². The first-order valence-corrected chi connectivity index (χ1v) is 6.47. The van der Waals surface area contributed by atoms with Crippen molar-refractivity contribution >= 4 is 5.69 Å². The van der Waals surface area contributed by atoms with Crippen LogP contribution in [-0.4, -0.2) is 31.3 Å². The van der Waals surface area contributed by atoms with E-state index < -0.39 is 0 Å². The van der Waals surface area contributed by atoms with Crippen molar-refractivity contribution in [1.29, 1.82) is 0 Å². The fourth-order valence-electron chi connectivity index (χ4n) is 2.54. The number of nitrogens with zero attached hydrogens (tertiary/aromatic N) is 1. The van der Waals surface area contributed by atoms with Crippen LogP contribution in [0, 0.1) is 11.7 Å². The van der Waals surface area contributed by atoms with E-state index in [1.165, 1.54) is 0 Å². The summed E-state index contributed by atoms with van der Waals surface area (Å²) in [6, 6.07) is 5.15. The van der Waals surface area contributed by atoms with Crippen LogP contribution in [0.25, 0.3) is 0 Å². The van der Waals surface area contributed by atoms with Gasteiger partial charge in [-0.05, 0) is 44.2 Å². The molecule has 3 nitrogen and oxygen atoms in total. The van der Waals surface area contributed by atoms with Crippen LogP contribution in [0.3, 0.4) is 0 Å². The molecule has 18 heavy (non-hydrogen) atoms. The van der Waals surface area contributed by atoms with Crippen molar-refractivity contribution in [2.45, 2.75) is 26.0 Å². The third-order valence-electron chi connectivity index (χ3n) is 3.60. The maximum Gasteiger partial charge on any atom is 0.125 e. The molecule has 1 heterocycles. The molecule has 1 saturated heterocycles. The Morgan fingerprint density at radius 1 is 1.50 bits per heavy atom. The van der Waals surface area contributed by atoms with Crippen LogP contribution in [0.15, 0.2) is 18.2 Å². The van der Waals surface area contributed by atoms with Gasteiger partial charge in [0.15, 0.2) is 0 Å². The number of halogens is 1. The molecule has 4 heteroatoms. The Morgan fingerprint density at radius 3 is 2.89 bits per heavy atom. The Balaban J connectivity index is 2.13. The summed E-state index contributed by atoms with van der Waals surface area (Å²) in [5, 5.41) is 12.6. The number of aliphatic hydroxyl groups is 1. The maximum absolute atomic E-state index is 13.6. The summed E-state index contributed by atoms with van der Waals surface area (Å²) < 4.78 is 13.6. The van der Waals surface area contributed by atoms with Crippen molar-refractivity contribution < 1.29 is 9.50 Å². The average Bonchev–Trinajstić information content (AvgIpc) is 2.78. The van der Waals surface area contributed by atoms with Crippen molar-refractivity contribution in [3.05, 3.63) is 29.6 Å². The lowest BCUT2D eigenvalue weighted by Crippen LogP contribution is -2.24. The molecule has 1 aliphatic rings. The number of aliphatic hydroxyl groups excluding tert-OH is 1. The smallest absolute Gasteiger partial charge is 0.125 e. The summed E-state index contributed by atoms with van der Waals surface area (Å²) in [5.41, 5.74) is 1.87. The molecule has 100 valence electrons. The van der Waals surface area contributed by atoms with E-state index in [-0.39, 0.29) is 11.9 Å². The fourth-order valence-corrected chi connectivity index (χ4v) is 2.54. The molecule has 0 aliphatic carbocycles. The van der Waals surface area contributed by atoms with Crippen LogP contribution >= 0.6 is 0 Å². The second kappa shape index (κ2) is 5.67. The second-order valence-electron chi connectivity index (χ2n) is 5.08. The molecule has 0 spiro atoms. The minimum Gasteiger partial charge on any atom is -0.393 e. The summed E-state index contributed by atoms with van der Waals surface area (Å²) in [5.74, 6) is 0.0965. The number of anilines is 1. The maximum atomic E-state index is 13.6. The zero-order valence-corrected chi connectivity index (χ0v) is 11.0. The molecular formula is C14H21FN2O. The van der Waals surface area contributed by atoms with Gasteiger partial charge in [-0.25, -0.2) is 4.39 Å². The topological polar surface area (TPSA) is 35.5 Å². The quantitative estimate of drug-likeness (QED) is 0.857. The van der Waals surface area contributed by atoms with Crippen molar-refractivity contribution in [3.8, 4) is 0 Å². The van der Waals surface area contributed by atoms with E-state index in [2.05, 4.69) is 10.2 Å². The Morgan fingerprint density at radius 2 is 2.28 bits per heavy atom. The number of rotatable bonds is 4. The van der Waals surface area contributed by atoms with Crippen molar-refractivity contribution in [3.63, 3.8) is 0 Å².